The van der Waals surface area contributed by atoms with Gasteiger partial charge in [0.15, 0.2) is 6.29 Å². The summed E-state index contributed by atoms with van der Waals surface area (Å²) < 4.78 is 1.93. The molecule has 0 saturated heterocycles. The number of aldehydes is 1. The second-order valence-corrected chi connectivity index (χ2v) is 3.96. The number of anilines is 1. The first-order valence-corrected chi connectivity index (χ1v) is 5.88. The van der Waals surface area contributed by atoms with Crippen molar-refractivity contribution in [3.05, 3.63) is 49.1 Å². The van der Waals surface area contributed by atoms with Crippen LogP contribution in [0.15, 0.2) is 43.5 Å². The lowest BCUT2D eigenvalue weighted by atomic mass is 10.2. The van der Waals surface area contributed by atoms with Gasteiger partial charge in [0.05, 0.1) is 11.1 Å². The lowest BCUT2D eigenvalue weighted by molar-refractivity contribution is 0.112. The number of aromatic nitrogens is 1. The fraction of sp³-hybridized carbons (Fsp3) is 0.133. The zero-order chi connectivity index (χ0) is 13.1. The SMILES string of the molecule is C=CC(=C)n1c(NCC)c(C=O)c2ccccc21. The number of hydrogen-bond acceptors (Lipinski definition) is 2. The molecule has 0 fully saturated rings. The van der Waals surface area contributed by atoms with Crippen LogP contribution in [0.4, 0.5) is 5.82 Å². The Hall–Kier alpha value is -2.29. The molecular weight excluding hydrogens is 224 g/mol. The van der Waals surface area contributed by atoms with E-state index in [1.807, 2.05) is 35.8 Å². The zero-order valence-electron chi connectivity index (χ0n) is 10.4. The van der Waals surface area contributed by atoms with Crippen molar-refractivity contribution in [3.63, 3.8) is 0 Å². The molecule has 1 aromatic heterocycles. The summed E-state index contributed by atoms with van der Waals surface area (Å²) in [5, 5.41) is 4.15. The molecule has 0 saturated carbocycles. The van der Waals surface area contributed by atoms with E-state index in [9.17, 15) is 4.79 Å². The van der Waals surface area contributed by atoms with Crippen LogP contribution in [0, 0.1) is 0 Å². The van der Waals surface area contributed by atoms with Gasteiger partial charge in [-0.3, -0.25) is 9.36 Å². The molecule has 0 radical (unpaired) electrons. The predicted molar refractivity (Wildman–Crippen MR) is 77.0 cm³/mol. The van der Waals surface area contributed by atoms with E-state index >= 15 is 0 Å². The third kappa shape index (κ3) is 1.74. The van der Waals surface area contributed by atoms with Crippen molar-refractivity contribution in [3.8, 4) is 0 Å². The van der Waals surface area contributed by atoms with Crippen molar-refractivity contribution in [1.82, 2.24) is 4.57 Å². The number of benzene rings is 1. The lowest BCUT2D eigenvalue weighted by Crippen LogP contribution is -2.06. The molecule has 3 nitrogen and oxygen atoms in total. The molecule has 18 heavy (non-hydrogen) atoms. The number of carbonyl (C=O) groups excluding carboxylic acids is 1. The Labute approximate surface area is 106 Å². The summed E-state index contributed by atoms with van der Waals surface area (Å²) in [6.45, 7) is 10.4. The van der Waals surface area contributed by atoms with Crippen LogP contribution in [0.3, 0.4) is 0 Å². The first-order valence-electron chi connectivity index (χ1n) is 5.88. The average Bonchev–Trinajstić information content (AvgIpc) is 2.71. The van der Waals surface area contributed by atoms with Gasteiger partial charge in [0.2, 0.25) is 0 Å². The molecule has 0 aliphatic carbocycles. The van der Waals surface area contributed by atoms with Gasteiger partial charge in [0.25, 0.3) is 0 Å². The van der Waals surface area contributed by atoms with Crippen molar-refractivity contribution in [2.45, 2.75) is 6.92 Å². The summed E-state index contributed by atoms with van der Waals surface area (Å²) in [5.74, 6) is 0.776. The highest BCUT2D eigenvalue weighted by Gasteiger charge is 2.16. The van der Waals surface area contributed by atoms with Gasteiger partial charge in [-0.05, 0) is 19.1 Å². The van der Waals surface area contributed by atoms with E-state index in [1.54, 1.807) is 6.08 Å². The second kappa shape index (κ2) is 4.92. The van der Waals surface area contributed by atoms with Crippen LogP contribution >= 0.6 is 0 Å². The molecule has 92 valence electrons. The van der Waals surface area contributed by atoms with Crippen LogP contribution in [0.2, 0.25) is 0 Å². The molecule has 1 heterocycles. The molecule has 1 aromatic carbocycles. The number of allylic oxidation sites excluding steroid dienone is 2. The average molecular weight is 240 g/mol. The van der Waals surface area contributed by atoms with Crippen molar-refractivity contribution in [2.24, 2.45) is 0 Å². The highest BCUT2D eigenvalue weighted by atomic mass is 16.1. The van der Waals surface area contributed by atoms with Gasteiger partial charge in [0.1, 0.15) is 5.82 Å². The van der Waals surface area contributed by atoms with Crippen LogP contribution in [0.1, 0.15) is 17.3 Å². The van der Waals surface area contributed by atoms with E-state index in [0.29, 0.717) is 5.56 Å². The molecule has 0 aliphatic heterocycles. The Morgan fingerprint density at radius 2 is 2.17 bits per heavy atom. The Kier molecular flexibility index (Phi) is 3.33. The van der Waals surface area contributed by atoms with Crippen LogP contribution in [-0.4, -0.2) is 17.4 Å². The van der Waals surface area contributed by atoms with Crippen molar-refractivity contribution in [2.75, 3.05) is 11.9 Å². The van der Waals surface area contributed by atoms with Gasteiger partial charge < -0.3 is 5.32 Å². The summed E-state index contributed by atoms with van der Waals surface area (Å²) in [6.07, 6.45) is 2.56. The molecule has 0 spiro atoms. The minimum Gasteiger partial charge on any atom is -0.371 e. The summed E-state index contributed by atoms with van der Waals surface area (Å²) in [6, 6.07) is 7.77. The van der Waals surface area contributed by atoms with E-state index in [-0.39, 0.29) is 0 Å². The summed E-state index contributed by atoms with van der Waals surface area (Å²) in [5.41, 5.74) is 2.37. The number of hydrogen-bond donors (Lipinski definition) is 1. The molecule has 2 aromatic rings. The normalized spacial score (nSPS) is 10.3. The third-order valence-electron chi connectivity index (χ3n) is 2.90. The fourth-order valence-corrected chi connectivity index (χ4v) is 2.12. The third-order valence-corrected chi connectivity index (χ3v) is 2.90. The van der Waals surface area contributed by atoms with Crippen LogP contribution in [0.25, 0.3) is 16.6 Å². The maximum atomic E-state index is 11.3. The number of nitrogens with zero attached hydrogens (tertiary/aromatic N) is 1. The number of para-hydroxylation sites is 1. The number of nitrogens with one attached hydrogen (secondary N) is 1. The summed E-state index contributed by atoms with van der Waals surface area (Å²) in [4.78, 5) is 11.3. The topological polar surface area (TPSA) is 34.0 Å². The maximum absolute atomic E-state index is 11.3. The lowest BCUT2D eigenvalue weighted by Gasteiger charge is -2.11. The molecule has 0 aliphatic rings. The minimum absolute atomic E-state index is 0.662. The van der Waals surface area contributed by atoms with Gasteiger partial charge in [0, 0.05) is 17.6 Å². The Balaban J connectivity index is 2.86. The quantitative estimate of drug-likeness (QED) is 0.640. The largest absolute Gasteiger partial charge is 0.371 e. The molecule has 0 bridgehead atoms. The Morgan fingerprint density at radius 1 is 1.44 bits per heavy atom. The van der Waals surface area contributed by atoms with Crippen LogP contribution in [0.5, 0.6) is 0 Å². The second-order valence-electron chi connectivity index (χ2n) is 3.96. The molecule has 1 N–H and O–H groups in total. The van der Waals surface area contributed by atoms with Crippen LogP contribution < -0.4 is 5.32 Å². The smallest absolute Gasteiger partial charge is 0.154 e. The van der Waals surface area contributed by atoms with Crippen molar-refractivity contribution in [1.29, 1.82) is 0 Å². The Morgan fingerprint density at radius 3 is 2.78 bits per heavy atom. The van der Waals surface area contributed by atoms with E-state index in [4.69, 9.17) is 0 Å². The Bertz CT molecular complexity index is 623. The van der Waals surface area contributed by atoms with Gasteiger partial charge in [-0.15, -0.1) is 0 Å². The molecular formula is C15H16N2O. The summed E-state index contributed by atoms with van der Waals surface area (Å²) in [7, 11) is 0. The monoisotopic (exact) mass is 240 g/mol. The molecule has 2 rings (SSSR count). The number of carbonyl (C=O) groups is 1. The first kappa shape index (κ1) is 12.2. The van der Waals surface area contributed by atoms with Gasteiger partial charge in [-0.2, -0.15) is 0 Å². The minimum atomic E-state index is 0.662. The predicted octanol–water partition coefficient (Wildman–Crippen LogP) is 3.54. The molecule has 0 amide bonds. The maximum Gasteiger partial charge on any atom is 0.154 e. The van der Waals surface area contributed by atoms with E-state index in [2.05, 4.69) is 18.5 Å². The van der Waals surface area contributed by atoms with E-state index in [1.165, 1.54) is 0 Å². The van der Waals surface area contributed by atoms with Gasteiger partial charge in [-0.1, -0.05) is 31.4 Å². The number of fused-ring (bicyclic) bond motifs is 1. The molecule has 0 unspecified atom stereocenters. The van der Waals surface area contributed by atoms with Gasteiger partial charge in [-0.25, -0.2) is 0 Å². The van der Waals surface area contributed by atoms with Crippen molar-refractivity contribution < 1.29 is 4.79 Å². The van der Waals surface area contributed by atoms with E-state index in [0.717, 1.165) is 35.2 Å². The molecule has 3 heteroatoms. The van der Waals surface area contributed by atoms with E-state index < -0.39 is 0 Å². The van der Waals surface area contributed by atoms with Gasteiger partial charge >= 0.3 is 0 Å². The highest BCUT2D eigenvalue weighted by Crippen LogP contribution is 2.31. The standard InChI is InChI=1S/C15H16N2O/c1-4-11(3)17-14-9-7-6-8-12(14)13(10-18)15(17)16-5-2/h4,6-10,16H,1,3,5H2,2H3. The first-order chi connectivity index (χ1) is 8.74. The number of rotatable bonds is 5. The van der Waals surface area contributed by atoms with Crippen LogP contribution in [-0.2, 0) is 0 Å². The fourth-order valence-electron chi connectivity index (χ4n) is 2.12. The molecule has 0 atom stereocenters. The summed E-state index contributed by atoms with van der Waals surface area (Å²) >= 11 is 0. The zero-order valence-corrected chi connectivity index (χ0v) is 10.4. The highest BCUT2D eigenvalue weighted by molar-refractivity contribution is 6.05. The van der Waals surface area contributed by atoms with Crippen molar-refractivity contribution >= 4 is 28.7 Å².